The number of carbonyl (C=O) groups is 2. The molecule has 2 heterocycles. The van der Waals surface area contributed by atoms with Crippen LogP contribution in [0.4, 0.5) is 5.00 Å². The van der Waals surface area contributed by atoms with Gasteiger partial charge in [-0.2, -0.15) is 4.98 Å². The van der Waals surface area contributed by atoms with Crippen LogP contribution in [0, 0.1) is 27.7 Å². The van der Waals surface area contributed by atoms with E-state index in [4.69, 9.17) is 5.73 Å². The van der Waals surface area contributed by atoms with Crippen molar-refractivity contribution < 1.29 is 9.59 Å². The predicted molar refractivity (Wildman–Crippen MR) is 93.6 cm³/mol. The normalized spacial score (nSPS) is 12.0. The summed E-state index contributed by atoms with van der Waals surface area (Å²) in [5.74, 6) is -1.00. The van der Waals surface area contributed by atoms with E-state index in [0.29, 0.717) is 22.0 Å². The van der Waals surface area contributed by atoms with Gasteiger partial charge in [0.15, 0.2) is 0 Å². The Hall–Kier alpha value is -2.48. The van der Waals surface area contributed by atoms with E-state index in [0.717, 1.165) is 10.4 Å². The maximum Gasteiger partial charge on any atom is 0.348 e. The standard InChI is InChI=1S/C16H20N4O3S/c1-7-6-8(2)20(16(23)18-7)10(4)14(22)19-15-12(13(17)21)9(3)11(5)24-15/h6,10H,1-5H3,(H2,17,21)(H,19,22). The first kappa shape index (κ1) is 17.9. The van der Waals surface area contributed by atoms with Gasteiger partial charge in [0.05, 0.1) is 5.56 Å². The maximum atomic E-state index is 12.6. The van der Waals surface area contributed by atoms with Gasteiger partial charge in [0.25, 0.3) is 5.91 Å². The maximum absolute atomic E-state index is 12.6. The molecule has 0 aromatic carbocycles. The molecule has 0 fully saturated rings. The van der Waals surface area contributed by atoms with Crippen LogP contribution in [0.3, 0.4) is 0 Å². The molecule has 0 saturated carbocycles. The minimum absolute atomic E-state index is 0.309. The fourth-order valence-corrected chi connectivity index (χ4v) is 3.64. The van der Waals surface area contributed by atoms with Crippen molar-refractivity contribution in [1.29, 1.82) is 0 Å². The summed E-state index contributed by atoms with van der Waals surface area (Å²) in [6.07, 6.45) is 0. The van der Waals surface area contributed by atoms with Crippen molar-refractivity contribution in [2.75, 3.05) is 5.32 Å². The highest BCUT2D eigenvalue weighted by Gasteiger charge is 2.23. The van der Waals surface area contributed by atoms with Crippen LogP contribution in [-0.4, -0.2) is 21.4 Å². The molecular formula is C16H20N4O3S. The van der Waals surface area contributed by atoms with Crippen molar-refractivity contribution in [1.82, 2.24) is 9.55 Å². The number of thiophene rings is 1. The monoisotopic (exact) mass is 348 g/mol. The van der Waals surface area contributed by atoms with Gasteiger partial charge in [-0.15, -0.1) is 11.3 Å². The quantitative estimate of drug-likeness (QED) is 0.879. The number of rotatable bonds is 4. The van der Waals surface area contributed by atoms with Crippen molar-refractivity contribution >= 4 is 28.2 Å². The SMILES string of the molecule is Cc1cc(C)n(C(C)C(=O)Nc2sc(C)c(C)c2C(N)=O)c(=O)n1. The average molecular weight is 348 g/mol. The van der Waals surface area contributed by atoms with Crippen LogP contribution in [0.5, 0.6) is 0 Å². The molecule has 0 radical (unpaired) electrons. The molecule has 24 heavy (non-hydrogen) atoms. The fraction of sp³-hybridized carbons (Fsp3) is 0.375. The number of anilines is 1. The molecule has 128 valence electrons. The Bertz CT molecular complexity index is 882. The van der Waals surface area contributed by atoms with E-state index in [1.807, 2.05) is 6.92 Å². The summed E-state index contributed by atoms with van der Waals surface area (Å²) in [5, 5.41) is 3.11. The van der Waals surface area contributed by atoms with Gasteiger partial charge in [-0.3, -0.25) is 14.2 Å². The largest absolute Gasteiger partial charge is 0.365 e. The molecule has 0 aliphatic rings. The van der Waals surface area contributed by atoms with Crippen molar-refractivity contribution in [2.24, 2.45) is 5.73 Å². The Morgan fingerprint density at radius 2 is 1.92 bits per heavy atom. The number of hydrogen-bond donors (Lipinski definition) is 2. The number of primary amides is 1. The smallest absolute Gasteiger partial charge is 0.348 e. The molecular weight excluding hydrogens is 328 g/mol. The molecule has 1 unspecified atom stereocenters. The van der Waals surface area contributed by atoms with E-state index >= 15 is 0 Å². The van der Waals surface area contributed by atoms with Crippen LogP contribution in [0.2, 0.25) is 0 Å². The van der Waals surface area contributed by atoms with Crippen LogP contribution in [0.25, 0.3) is 0 Å². The molecule has 0 aliphatic carbocycles. The third-order valence-corrected chi connectivity index (χ3v) is 5.03. The van der Waals surface area contributed by atoms with Crippen molar-refractivity contribution in [3.63, 3.8) is 0 Å². The fourth-order valence-electron chi connectivity index (χ4n) is 2.58. The number of carbonyl (C=O) groups excluding carboxylic acids is 2. The molecule has 1 atom stereocenters. The van der Waals surface area contributed by atoms with Crippen LogP contribution in [0.1, 0.15) is 45.2 Å². The molecule has 0 aliphatic heterocycles. The first-order valence-electron chi connectivity index (χ1n) is 7.41. The summed E-state index contributed by atoms with van der Waals surface area (Å²) in [5.41, 5.74) is 7.23. The number of hydrogen-bond acceptors (Lipinski definition) is 5. The third-order valence-electron chi connectivity index (χ3n) is 3.91. The molecule has 3 N–H and O–H groups in total. The van der Waals surface area contributed by atoms with E-state index in [-0.39, 0.29) is 0 Å². The first-order chi connectivity index (χ1) is 11.1. The summed E-state index contributed by atoms with van der Waals surface area (Å²) in [7, 11) is 0. The van der Waals surface area contributed by atoms with E-state index in [9.17, 15) is 14.4 Å². The highest BCUT2D eigenvalue weighted by atomic mass is 32.1. The van der Waals surface area contributed by atoms with Crippen molar-refractivity contribution in [2.45, 2.75) is 40.7 Å². The predicted octanol–water partition coefficient (Wildman–Crippen LogP) is 1.84. The van der Waals surface area contributed by atoms with Crippen LogP contribution in [-0.2, 0) is 4.79 Å². The van der Waals surface area contributed by atoms with Crippen LogP contribution >= 0.6 is 11.3 Å². The zero-order valence-electron chi connectivity index (χ0n) is 14.3. The van der Waals surface area contributed by atoms with E-state index in [2.05, 4.69) is 10.3 Å². The third kappa shape index (κ3) is 3.23. The van der Waals surface area contributed by atoms with Crippen molar-refractivity contribution in [3.05, 3.63) is 43.9 Å². The Morgan fingerprint density at radius 3 is 2.46 bits per heavy atom. The average Bonchev–Trinajstić information content (AvgIpc) is 2.72. The minimum atomic E-state index is -0.769. The number of aryl methyl sites for hydroxylation is 3. The van der Waals surface area contributed by atoms with Gasteiger partial charge in [0.1, 0.15) is 11.0 Å². The number of amides is 2. The summed E-state index contributed by atoms with van der Waals surface area (Å²) in [4.78, 5) is 41.0. The molecule has 2 aromatic rings. The Morgan fingerprint density at radius 1 is 1.29 bits per heavy atom. The van der Waals surface area contributed by atoms with Gasteiger partial charge < -0.3 is 11.1 Å². The molecule has 0 spiro atoms. The van der Waals surface area contributed by atoms with Crippen molar-refractivity contribution in [3.8, 4) is 0 Å². The van der Waals surface area contributed by atoms with Gasteiger partial charge >= 0.3 is 5.69 Å². The molecule has 2 aromatic heterocycles. The number of nitrogens with zero attached hydrogens (tertiary/aromatic N) is 2. The lowest BCUT2D eigenvalue weighted by atomic mass is 10.1. The zero-order chi connectivity index (χ0) is 18.2. The van der Waals surface area contributed by atoms with Gasteiger partial charge in [-0.1, -0.05) is 0 Å². The van der Waals surface area contributed by atoms with E-state index < -0.39 is 23.5 Å². The van der Waals surface area contributed by atoms with E-state index in [1.54, 1.807) is 33.8 Å². The molecule has 7 nitrogen and oxygen atoms in total. The Labute approximate surface area is 143 Å². The summed E-state index contributed by atoms with van der Waals surface area (Å²) >= 11 is 1.29. The van der Waals surface area contributed by atoms with Gasteiger partial charge in [0, 0.05) is 16.3 Å². The number of nitrogens with two attached hydrogens (primary N) is 1. The zero-order valence-corrected chi connectivity index (χ0v) is 15.1. The van der Waals surface area contributed by atoms with Crippen LogP contribution < -0.4 is 16.7 Å². The molecule has 2 rings (SSSR count). The minimum Gasteiger partial charge on any atom is -0.365 e. The number of aromatic nitrogens is 2. The molecule has 0 bridgehead atoms. The second-order valence-corrected chi connectivity index (χ2v) is 6.93. The first-order valence-corrected chi connectivity index (χ1v) is 8.22. The summed E-state index contributed by atoms with van der Waals surface area (Å²) in [6.45, 7) is 8.71. The van der Waals surface area contributed by atoms with Crippen LogP contribution in [0.15, 0.2) is 10.9 Å². The number of nitrogens with one attached hydrogen (secondary N) is 1. The summed E-state index contributed by atoms with van der Waals surface area (Å²) in [6, 6.07) is 0.966. The van der Waals surface area contributed by atoms with Gasteiger partial charge in [-0.25, -0.2) is 4.79 Å². The highest BCUT2D eigenvalue weighted by Crippen LogP contribution is 2.32. The second kappa shape index (κ2) is 6.56. The van der Waals surface area contributed by atoms with Gasteiger partial charge in [0.2, 0.25) is 5.91 Å². The molecule has 2 amide bonds. The highest BCUT2D eigenvalue weighted by molar-refractivity contribution is 7.16. The summed E-state index contributed by atoms with van der Waals surface area (Å²) < 4.78 is 1.32. The lowest BCUT2D eigenvalue weighted by Crippen LogP contribution is -2.34. The lowest BCUT2D eigenvalue weighted by Gasteiger charge is -2.17. The molecule has 8 heteroatoms. The Kier molecular flexibility index (Phi) is 4.88. The van der Waals surface area contributed by atoms with E-state index in [1.165, 1.54) is 15.9 Å². The Balaban J connectivity index is 2.36. The van der Waals surface area contributed by atoms with Gasteiger partial charge in [-0.05, 0) is 46.2 Å². The topological polar surface area (TPSA) is 107 Å². The second-order valence-electron chi connectivity index (χ2n) is 5.71. The molecule has 0 saturated heterocycles. The lowest BCUT2D eigenvalue weighted by molar-refractivity contribution is -0.118.